The molecule has 9 heteroatoms. The number of anilines is 1. The van der Waals surface area contributed by atoms with Gasteiger partial charge in [0.05, 0.1) is 20.4 Å². The van der Waals surface area contributed by atoms with E-state index in [0.717, 1.165) is 27.9 Å². The average molecular weight is 451 g/mol. The highest BCUT2D eigenvalue weighted by Crippen LogP contribution is 2.31. The number of rotatable bonds is 6. The number of carbonyl (C=O) groups is 1. The molecular weight excluding hydrogens is 431 g/mol. The Kier molecular flexibility index (Phi) is 6.79. The van der Waals surface area contributed by atoms with E-state index in [1.807, 2.05) is 38.4 Å². The normalized spacial score (nSPS) is 11.2. The minimum absolute atomic E-state index is 0. The minimum atomic E-state index is -0.306. The maximum absolute atomic E-state index is 13.6. The molecule has 0 saturated heterocycles. The van der Waals surface area contributed by atoms with E-state index in [9.17, 15) is 9.18 Å². The second-order valence-corrected chi connectivity index (χ2v) is 8.75. The number of thiazole rings is 2. The summed E-state index contributed by atoms with van der Waals surface area (Å²) < 4.78 is 15.3. The molecule has 0 atom stereocenters. The van der Waals surface area contributed by atoms with E-state index in [1.165, 1.54) is 34.8 Å². The summed E-state index contributed by atoms with van der Waals surface area (Å²) in [5.41, 5.74) is 1.51. The van der Waals surface area contributed by atoms with Crippen LogP contribution in [0.5, 0.6) is 0 Å². The lowest BCUT2D eigenvalue weighted by molar-refractivity contribution is 0.0986. The zero-order valence-electron chi connectivity index (χ0n) is 16.0. The van der Waals surface area contributed by atoms with Crippen LogP contribution < -0.4 is 4.90 Å². The first kappa shape index (κ1) is 21.6. The van der Waals surface area contributed by atoms with Crippen molar-refractivity contribution >= 4 is 66.6 Å². The van der Waals surface area contributed by atoms with Gasteiger partial charge in [-0.1, -0.05) is 23.5 Å². The van der Waals surface area contributed by atoms with Gasteiger partial charge >= 0.3 is 0 Å². The second kappa shape index (κ2) is 9.13. The summed E-state index contributed by atoms with van der Waals surface area (Å²) in [7, 11) is 4.00. The van der Waals surface area contributed by atoms with E-state index >= 15 is 0 Å². The SMILES string of the molecule is CN(C)CCCN(C(=O)c1nc2ccccc2s1)c1nc2ccc(F)cc2s1.Cl. The fourth-order valence-corrected chi connectivity index (χ4v) is 4.84. The van der Waals surface area contributed by atoms with Gasteiger partial charge in [0.15, 0.2) is 10.1 Å². The molecule has 0 unspecified atom stereocenters. The molecule has 4 aromatic rings. The molecule has 4 rings (SSSR count). The third kappa shape index (κ3) is 4.72. The standard InChI is InChI=1S/C20H19FN4OS2.ClH/c1-24(2)10-5-11-25(20-23-15-9-8-13(21)12-17(15)28-20)19(26)18-22-14-6-3-4-7-16(14)27-18;/h3-4,6-9,12H,5,10-11H2,1-2H3;1H. The van der Waals surface area contributed by atoms with Crippen molar-refractivity contribution in [1.29, 1.82) is 0 Å². The number of amides is 1. The topological polar surface area (TPSA) is 49.3 Å². The zero-order valence-corrected chi connectivity index (χ0v) is 18.4. The summed E-state index contributed by atoms with van der Waals surface area (Å²) in [6, 6.07) is 12.2. The number of aromatic nitrogens is 2. The largest absolute Gasteiger partial charge is 0.309 e. The maximum Gasteiger partial charge on any atom is 0.289 e. The van der Waals surface area contributed by atoms with E-state index in [0.29, 0.717) is 22.2 Å². The molecule has 0 aliphatic heterocycles. The van der Waals surface area contributed by atoms with E-state index in [1.54, 1.807) is 11.0 Å². The van der Waals surface area contributed by atoms with Gasteiger partial charge in [-0.3, -0.25) is 9.69 Å². The van der Waals surface area contributed by atoms with Gasteiger partial charge in [0.25, 0.3) is 5.91 Å². The Morgan fingerprint density at radius 3 is 2.52 bits per heavy atom. The zero-order chi connectivity index (χ0) is 19.7. The van der Waals surface area contributed by atoms with Crippen molar-refractivity contribution in [3.63, 3.8) is 0 Å². The number of hydrogen-bond donors (Lipinski definition) is 0. The van der Waals surface area contributed by atoms with Crippen LogP contribution in [0.3, 0.4) is 0 Å². The number of halogens is 2. The lowest BCUT2D eigenvalue weighted by Crippen LogP contribution is -2.33. The predicted molar refractivity (Wildman–Crippen MR) is 121 cm³/mol. The molecule has 1 amide bonds. The van der Waals surface area contributed by atoms with Crippen LogP contribution in [-0.4, -0.2) is 48.0 Å². The van der Waals surface area contributed by atoms with Gasteiger partial charge in [-0.25, -0.2) is 14.4 Å². The molecule has 0 fully saturated rings. The molecule has 0 bridgehead atoms. The van der Waals surface area contributed by atoms with Gasteiger partial charge in [-0.2, -0.15) is 0 Å². The van der Waals surface area contributed by atoms with Gasteiger partial charge in [0.2, 0.25) is 0 Å². The number of hydrogen-bond acceptors (Lipinski definition) is 6. The number of fused-ring (bicyclic) bond motifs is 2. The molecule has 152 valence electrons. The van der Waals surface area contributed by atoms with Crippen LogP contribution in [0.4, 0.5) is 9.52 Å². The first-order chi connectivity index (χ1) is 13.5. The van der Waals surface area contributed by atoms with Gasteiger partial charge in [-0.15, -0.1) is 23.7 Å². The average Bonchev–Trinajstić information content (AvgIpc) is 3.27. The van der Waals surface area contributed by atoms with E-state index in [-0.39, 0.29) is 24.1 Å². The number of carbonyl (C=O) groups excluding carboxylic acids is 1. The van der Waals surface area contributed by atoms with Crippen LogP contribution in [0.1, 0.15) is 16.2 Å². The van der Waals surface area contributed by atoms with Gasteiger partial charge in [-0.05, 0) is 57.4 Å². The molecule has 2 heterocycles. The number of nitrogens with zero attached hydrogens (tertiary/aromatic N) is 4. The molecule has 29 heavy (non-hydrogen) atoms. The minimum Gasteiger partial charge on any atom is -0.309 e. The number of para-hydroxylation sites is 1. The van der Waals surface area contributed by atoms with E-state index in [4.69, 9.17) is 0 Å². The molecule has 0 spiro atoms. The van der Waals surface area contributed by atoms with Crippen LogP contribution in [0.25, 0.3) is 20.4 Å². The molecule has 0 N–H and O–H groups in total. The van der Waals surface area contributed by atoms with Crippen LogP contribution >= 0.6 is 35.1 Å². The summed E-state index contributed by atoms with van der Waals surface area (Å²) in [5, 5.41) is 1.01. The maximum atomic E-state index is 13.6. The van der Waals surface area contributed by atoms with Gasteiger partial charge in [0, 0.05) is 6.54 Å². The summed E-state index contributed by atoms with van der Waals surface area (Å²) in [6.45, 7) is 1.37. The van der Waals surface area contributed by atoms with Crippen LogP contribution in [0, 0.1) is 5.82 Å². The molecule has 0 saturated carbocycles. The van der Waals surface area contributed by atoms with Crippen molar-refractivity contribution < 1.29 is 9.18 Å². The van der Waals surface area contributed by atoms with Gasteiger partial charge in [0.1, 0.15) is 5.82 Å². The first-order valence-corrected chi connectivity index (χ1v) is 10.5. The summed E-state index contributed by atoms with van der Waals surface area (Å²) in [6.07, 6.45) is 0.800. The Labute approximate surface area is 182 Å². The van der Waals surface area contributed by atoms with Crippen molar-refractivity contribution in [2.75, 3.05) is 32.1 Å². The number of benzene rings is 2. The van der Waals surface area contributed by atoms with Crippen molar-refractivity contribution in [1.82, 2.24) is 14.9 Å². The molecule has 5 nitrogen and oxygen atoms in total. The summed E-state index contributed by atoms with van der Waals surface area (Å²) >= 11 is 2.71. The highest BCUT2D eigenvalue weighted by molar-refractivity contribution is 7.22. The molecule has 0 radical (unpaired) electrons. The molecular formula is C20H20ClFN4OS2. The Bertz CT molecular complexity index is 1110. The molecule has 0 aliphatic rings. The van der Waals surface area contributed by atoms with E-state index < -0.39 is 0 Å². The van der Waals surface area contributed by atoms with Crippen LogP contribution in [-0.2, 0) is 0 Å². The lowest BCUT2D eigenvalue weighted by Gasteiger charge is -2.19. The van der Waals surface area contributed by atoms with Crippen molar-refractivity contribution in [2.24, 2.45) is 0 Å². The second-order valence-electron chi connectivity index (χ2n) is 6.71. The lowest BCUT2D eigenvalue weighted by atomic mass is 10.3. The van der Waals surface area contributed by atoms with Crippen molar-refractivity contribution in [3.05, 3.63) is 53.3 Å². The third-order valence-corrected chi connectivity index (χ3v) is 6.34. The fraction of sp³-hybridized carbons (Fsp3) is 0.250. The van der Waals surface area contributed by atoms with Crippen LogP contribution in [0.15, 0.2) is 42.5 Å². The van der Waals surface area contributed by atoms with Crippen molar-refractivity contribution in [2.45, 2.75) is 6.42 Å². The van der Waals surface area contributed by atoms with E-state index in [2.05, 4.69) is 14.9 Å². The van der Waals surface area contributed by atoms with Gasteiger partial charge < -0.3 is 4.90 Å². The third-order valence-electron chi connectivity index (χ3n) is 4.28. The molecule has 2 aromatic heterocycles. The predicted octanol–water partition coefficient (Wildman–Crippen LogP) is 5.07. The Morgan fingerprint density at radius 1 is 1.00 bits per heavy atom. The Balaban J connectivity index is 0.00000240. The first-order valence-electron chi connectivity index (χ1n) is 8.89. The summed E-state index contributed by atoms with van der Waals surface area (Å²) in [4.78, 5) is 26.1. The summed E-state index contributed by atoms with van der Waals surface area (Å²) in [5.74, 6) is -0.473. The Hall–Kier alpha value is -2.13. The highest BCUT2D eigenvalue weighted by Gasteiger charge is 2.24. The highest BCUT2D eigenvalue weighted by atomic mass is 35.5. The Morgan fingerprint density at radius 2 is 1.76 bits per heavy atom. The molecule has 2 aromatic carbocycles. The molecule has 0 aliphatic carbocycles. The van der Waals surface area contributed by atoms with Crippen LogP contribution in [0.2, 0.25) is 0 Å². The monoisotopic (exact) mass is 450 g/mol. The quantitative estimate of drug-likeness (QED) is 0.411. The van der Waals surface area contributed by atoms with Crippen molar-refractivity contribution in [3.8, 4) is 0 Å². The smallest absolute Gasteiger partial charge is 0.289 e. The fourth-order valence-electron chi connectivity index (χ4n) is 2.91.